The number of rotatable bonds is 0. The van der Waals surface area contributed by atoms with Crippen molar-refractivity contribution >= 4 is 0 Å². The average molecular weight is 137 g/mol. The third-order valence-corrected chi connectivity index (χ3v) is 1.49. The van der Waals surface area contributed by atoms with Crippen LogP contribution in [0.5, 0.6) is 0 Å². The summed E-state index contributed by atoms with van der Waals surface area (Å²) in [7, 11) is 2.11. The lowest BCUT2D eigenvalue weighted by atomic mass is 10.2. The Balaban J connectivity index is 0.000000490. The highest BCUT2D eigenvalue weighted by Crippen LogP contribution is 2.08. The lowest BCUT2D eigenvalue weighted by Gasteiger charge is -2.17. The van der Waals surface area contributed by atoms with Gasteiger partial charge in [0.1, 0.15) is 20.3 Å². The zero-order valence-electron chi connectivity index (χ0n) is 5.32. The van der Waals surface area contributed by atoms with Crippen LogP contribution in [0.2, 0.25) is 0 Å². The molecule has 8 heavy (non-hydrogen) atoms. The monoisotopic (exact) mass is 136 g/mol. The molecule has 2 heteroatoms. The van der Waals surface area contributed by atoms with Gasteiger partial charge in [0.15, 0.2) is 0 Å². The van der Waals surface area contributed by atoms with Crippen molar-refractivity contribution in [3.8, 4) is 0 Å². The van der Waals surface area contributed by atoms with Gasteiger partial charge in [-0.15, -0.1) is 0 Å². The molecule has 50 valence electrons. The van der Waals surface area contributed by atoms with E-state index in [9.17, 15) is 0 Å². The van der Waals surface area contributed by atoms with Crippen LogP contribution in [0.25, 0.3) is 0 Å². The van der Waals surface area contributed by atoms with Crippen LogP contribution < -0.4 is 12.4 Å². The molecule has 1 aliphatic heterocycles. The molecule has 0 amide bonds. The standard InChI is InChI=1S/C6H13O.ClH/c1-7-5-3-2-4-6-7;/h2-6H2,1H3;1H/q+1;/p-1. The summed E-state index contributed by atoms with van der Waals surface area (Å²) in [6, 6.07) is 0. The largest absolute Gasteiger partial charge is 1.00 e. The second-order valence-corrected chi connectivity index (χ2v) is 2.25. The highest BCUT2D eigenvalue weighted by atomic mass is 35.5. The van der Waals surface area contributed by atoms with Crippen LogP contribution in [0.15, 0.2) is 0 Å². The van der Waals surface area contributed by atoms with Gasteiger partial charge in [-0.25, -0.2) is 0 Å². The molecule has 0 unspecified atom stereocenters. The summed E-state index contributed by atoms with van der Waals surface area (Å²) in [6.45, 7) is 2.47. The predicted octanol–water partition coefficient (Wildman–Crippen LogP) is -1.64. The third-order valence-electron chi connectivity index (χ3n) is 1.49. The highest BCUT2D eigenvalue weighted by Gasteiger charge is 2.07. The van der Waals surface area contributed by atoms with E-state index in [0.29, 0.717) is 0 Å². The fourth-order valence-corrected chi connectivity index (χ4v) is 0.976. The fraction of sp³-hybridized carbons (Fsp3) is 1.00. The molecule has 0 aromatic heterocycles. The van der Waals surface area contributed by atoms with E-state index in [0.717, 1.165) is 0 Å². The first-order valence-corrected chi connectivity index (χ1v) is 2.99. The number of halogens is 1. The fourth-order valence-electron chi connectivity index (χ4n) is 0.976. The summed E-state index contributed by atoms with van der Waals surface area (Å²) >= 11 is 0. The van der Waals surface area contributed by atoms with Gasteiger partial charge in [-0.05, 0) is 6.42 Å². The molecular weight excluding hydrogens is 124 g/mol. The smallest absolute Gasteiger partial charge is 0.145 e. The zero-order chi connectivity index (χ0) is 5.11. The average Bonchev–Trinajstić information content (AvgIpc) is 1.69. The highest BCUT2D eigenvalue weighted by molar-refractivity contribution is 4.49. The first-order valence-electron chi connectivity index (χ1n) is 2.99. The molecule has 0 saturated carbocycles. The van der Waals surface area contributed by atoms with E-state index in [1.54, 1.807) is 0 Å². The Kier molecular flexibility index (Phi) is 4.29. The summed E-state index contributed by atoms with van der Waals surface area (Å²) in [5, 5.41) is 0. The van der Waals surface area contributed by atoms with Crippen LogP contribution in [0.4, 0.5) is 0 Å². The lowest BCUT2D eigenvalue weighted by Crippen LogP contribution is -3.00. The van der Waals surface area contributed by atoms with E-state index >= 15 is 0 Å². The molecule has 0 N–H and O–H groups in total. The maximum Gasteiger partial charge on any atom is 0.145 e. The summed E-state index contributed by atoms with van der Waals surface area (Å²) in [4.78, 5) is 0. The molecule has 1 fully saturated rings. The van der Waals surface area contributed by atoms with Gasteiger partial charge in [-0.1, -0.05) is 0 Å². The quantitative estimate of drug-likeness (QED) is 0.352. The summed E-state index contributed by atoms with van der Waals surface area (Å²) in [5.41, 5.74) is 0. The number of hydrogen-bond donors (Lipinski definition) is 0. The Bertz CT molecular complexity index is 50.5. The van der Waals surface area contributed by atoms with E-state index in [1.807, 2.05) is 0 Å². The molecule has 0 bridgehead atoms. The molecular formula is C6H13ClO. The van der Waals surface area contributed by atoms with Crippen LogP contribution in [-0.2, 0) is 4.37 Å². The van der Waals surface area contributed by atoms with Crippen molar-refractivity contribution < 1.29 is 16.8 Å². The second kappa shape index (κ2) is 4.16. The van der Waals surface area contributed by atoms with E-state index in [-0.39, 0.29) is 12.4 Å². The Labute approximate surface area is 57.1 Å². The van der Waals surface area contributed by atoms with E-state index in [1.165, 1.54) is 32.5 Å². The van der Waals surface area contributed by atoms with Crippen LogP contribution >= 0.6 is 0 Å². The van der Waals surface area contributed by atoms with Gasteiger partial charge in [0.05, 0.1) is 0 Å². The van der Waals surface area contributed by atoms with Gasteiger partial charge in [0.25, 0.3) is 0 Å². The molecule has 1 aliphatic rings. The minimum Gasteiger partial charge on any atom is -1.00 e. The summed E-state index contributed by atoms with van der Waals surface area (Å²) < 4.78 is 3.07. The van der Waals surface area contributed by atoms with E-state index < -0.39 is 0 Å². The molecule has 1 heterocycles. The zero-order valence-corrected chi connectivity index (χ0v) is 6.08. The topological polar surface area (TPSA) is 2.70 Å². The maximum atomic E-state index is 3.07. The van der Waals surface area contributed by atoms with Crippen molar-refractivity contribution in [2.24, 2.45) is 0 Å². The molecule has 1 saturated heterocycles. The van der Waals surface area contributed by atoms with Crippen LogP contribution in [-0.4, -0.2) is 20.3 Å². The minimum absolute atomic E-state index is 0. The van der Waals surface area contributed by atoms with Crippen molar-refractivity contribution in [2.75, 3.05) is 20.3 Å². The van der Waals surface area contributed by atoms with Crippen molar-refractivity contribution in [1.29, 1.82) is 0 Å². The van der Waals surface area contributed by atoms with Crippen molar-refractivity contribution in [3.05, 3.63) is 0 Å². The first-order chi connectivity index (χ1) is 3.39. The molecule has 0 aromatic rings. The maximum absolute atomic E-state index is 3.07. The number of hydrogen-bond acceptors (Lipinski definition) is 0. The van der Waals surface area contributed by atoms with Crippen molar-refractivity contribution in [1.82, 2.24) is 0 Å². The SMILES string of the molecule is C[O+]1CCCCC1.[Cl-]. The van der Waals surface area contributed by atoms with Crippen LogP contribution in [0.1, 0.15) is 19.3 Å². The summed E-state index contributed by atoms with van der Waals surface area (Å²) in [6.07, 6.45) is 4.18. The first kappa shape index (κ1) is 8.25. The van der Waals surface area contributed by atoms with Gasteiger partial charge in [-0.3, -0.25) is 0 Å². The van der Waals surface area contributed by atoms with Gasteiger partial charge in [0.2, 0.25) is 0 Å². The van der Waals surface area contributed by atoms with E-state index in [4.69, 9.17) is 0 Å². The van der Waals surface area contributed by atoms with Crippen molar-refractivity contribution in [2.45, 2.75) is 19.3 Å². The van der Waals surface area contributed by atoms with Gasteiger partial charge < -0.3 is 16.8 Å². The van der Waals surface area contributed by atoms with Gasteiger partial charge in [0, 0.05) is 12.8 Å². The molecule has 1 nitrogen and oxygen atoms in total. The van der Waals surface area contributed by atoms with Crippen LogP contribution in [0.3, 0.4) is 0 Å². The van der Waals surface area contributed by atoms with E-state index in [2.05, 4.69) is 11.5 Å². The third kappa shape index (κ3) is 2.53. The molecule has 0 atom stereocenters. The Hall–Kier alpha value is 0.250. The minimum atomic E-state index is 0. The van der Waals surface area contributed by atoms with Crippen molar-refractivity contribution in [3.63, 3.8) is 0 Å². The second-order valence-electron chi connectivity index (χ2n) is 2.25. The molecule has 1 rings (SSSR count). The van der Waals surface area contributed by atoms with Gasteiger partial charge in [-0.2, -0.15) is 0 Å². The molecule has 0 radical (unpaired) electrons. The molecule has 0 aromatic carbocycles. The Morgan fingerprint density at radius 3 is 1.75 bits per heavy atom. The molecule has 0 spiro atoms. The lowest BCUT2D eigenvalue weighted by molar-refractivity contribution is -0.119. The van der Waals surface area contributed by atoms with Gasteiger partial charge >= 0.3 is 0 Å². The normalized spacial score (nSPS) is 22.1. The summed E-state index contributed by atoms with van der Waals surface area (Å²) in [5.74, 6) is 0. The Morgan fingerprint density at radius 2 is 1.50 bits per heavy atom. The predicted molar refractivity (Wildman–Crippen MR) is 30.6 cm³/mol. The molecule has 0 aliphatic carbocycles. The Morgan fingerprint density at radius 1 is 1.00 bits per heavy atom. The van der Waals surface area contributed by atoms with Crippen LogP contribution in [0, 0.1) is 0 Å².